The largest absolute Gasteiger partial charge is 0.492 e. The molecule has 0 amide bonds. The van der Waals surface area contributed by atoms with E-state index < -0.39 is 0 Å². The van der Waals surface area contributed by atoms with Gasteiger partial charge in [0.05, 0.1) is 6.04 Å². The Balaban J connectivity index is 2.07. The molecule has 1 N–H and O–H groups in total. The van der Waals surface area contributed by atoms with Gasteiger partial charge in [0.25, 0.3) is 0 Å². The Morgan fingerprint density at radius 2 is 1.63 bits per heavy atom. The Bertz CT molecular complexity index is 502. The first-order valence-electron chi connectivity index (χ1n) is 6.62. The van der Waals surface area contributed by atoms with Crippen molar-refractivity contribution in [2.75, 3.05) is 13.7 Å². The van der Waals surface area contributed by atoms with Crippen LogP contribution in [0.3, 0.4) is 0 Å². The quantitative estimate of drug-likeness (QED) is 0.880. The van der Waals surface area contributed by atoms with E-state index in [-0.39, 0.29) is 6.04 Å². The monoisotopic (exact) mass is 255 g/mol. The van der Waals surface area contributed by atoms with Crippen molar-refractivity contribution in [1.82, 2.24) is 5.32 Å². The van der Waals surface area contributed by atoms with Gasteiger partial charge in [-0.1, -0.05) is 47.5 Å². The highest BCUT2D eigenvalue weighted by Gasteiger charge is 2.10. The fourth-order valence-electron chi connectivity index (χ4n) is 2.25. The smallest absolute Gasteiger partial charge is 0.119 e. The SMILES string of the molecule is CNC(COc1ccccc1)c1cc(C)cc(C)c1. The van der Waals surface area contributed by atoms with Gasteiger partial charge in [-0.25, -0.2) is 0 Å². The first-order valence-corrected chi connectivity index (χ1v) is 6.62. The molecule has 0 aliphatic heterocycles. The summed E-state index contributed by atoms with van der Waals surface area (Å²) in [5.74, 6) is 0.909. The maximum Gasteiger partial charge on any atom is 0.119 e. The van der Waals surface area contributed by atoms with Gasteiger partial charge in [0.2, 0.25) is 0 Å². The summed E-state index contributed by atoms with van der Waals surface area (Å²) in [5, 5.41) is 3.32. The molecule has 2 nitrogen and oxygen atoms in total. The number of hydrogen-bond donors (Lipinski definition) is 1. The van der Waals surface area contributed by atoms with Crippen LogP contribution in [-0.4, -0.2) is 13.7 Å². The molecule has 0 fully saturated rings. The van der Waals surface area contributed by atoms with Crippen molar-refractivity contribution in [2.45, 2.75) is 19.9 Å². The molecule has 0 saturated heterocycles. The van der Waals surface area contributed by atoms with Crippen molar-refractivity contribution in [2.24, 2.45) is 0 Å². The van der Waals surface area contributed by atoms with Crippen LogP contribution in [0.4, 0.5) is 0 Å². The van der Waals surface area contributed by atoms with E-state index in [1.807, 2.05) is 37.4 Å². The summed E-state index contributed by atoms with van der Waals surface area (Å²) in [4.78, 5) is 0. The molecule has 0 aromatic heterocycles. The molecule has 2 aromatic rings. The van der Waals surface area contributed by atoms with E-state index in [1.54, 1.807) is 0 Å². The summed E-state index contributed by atoms with van der Waals surface area (Å²) in [5.41, 5.74) is 3.85. The molecule has 0 saturated carbocycles. The Hall–Kier alpha value is -1.80. The molecule has 0 aliphatic rings. The third kappa shape index (κ3) is 3.83. The van der Waals surface area contributed by atoms with Crippen molar-refractivity contribution in [1.29, 1.82) is 0 Å². The van der Waals surface area contributed by atoms with Gasteiger partial charge in [-0.05, 0) is 38.6 Å². The van der Waals surface area contributed by atoms with E-state index in [0.717, 1.165) is 5.75 Å². The number of benzene rings is 2. The van der Waals surface area contributed by atoms with Crippen LogP contribution in [0.15, 0.2) is 48.5 Å². The van der Waals surface area contributed by atoms with E-state index in [2.05, 4.69) is 37.4 Å². The van der Waals surface area contributed by atoms with E-state index in [0.29, 0.717) is 6.61 Å². The van der Waals surface area contributed by atoms with E-state index in [9.17, 15) is 0 Å². The first-order chi connectivity index (χ1) is 9.19. The molecule has 19 heavy (non-hydrogen) atoms. The molecule has 0 heterocycles. The molecule has 0 aliphatic carbocycles. The van der Waals surface area contributed by atoms with Crippen LogP contribution >= 0.6 is 0 Å². The topological polar surface area (TPSA) is 21.3 Å². The summed E-state index contributed by atoms with van der Waals surface area (Å²) >= 11 is 0. The third-order valence-electron chi connectivity index (χ3n) is 3.15. The summed E-state index contributed by atoms with van der Waals surface area (Å²) in [6.07, 6.45) is 0. The number of ether oxygens (including phenoxy) is 1. The maximum absolute atomic E-state index is 5.83. The van der Waals surface area contributed by atoms with Gasteiger partial charge in [-0.15, -0.1) is 0 Å². The lowest BCUT2D eigenvalue weighted by Gasteiger charge is -2.18. The number of para-hydroxylation sites is 1. The molecule has 0 radical (unpaired) electrons. The van der Waals surface area contributed by atoms with Crippen LogP contribution in [0.25, 0.3) is 0 Å². The zero-order valence-electron chi connectivity index (χ0n) is 11.8. The molecule has 1 unspecified atom stereocenters. The van der Waals surface area contributed by atoms with Gasteiger partial charge in [0.1, 0.15) is 12.4 Å². The third-order valence-corrected chi connectivity index (χ3v) is 3.15. The molecule has 2 rings (SSSR count). The fourth-order valence-corrected chi connectivity index (χ4v) is 2.25. The predicted octanol–water partition coefficient (Wildman–Crippen LogP) is 3.64. The Labute approximate surface area is 115 Å². The molecular weight excluding hydrogens is 234 g/mol. The van der Waals surface area contributed by atoms with Gasteiger partial charge >= 0.3 is 0 Å². The number of aryl methyl sites for hydroxylation is 2. The van der Waals surface area contributed by atoms with Gasteiger partial charge < -0.3 is 10.1 Å². The minimum atomic E-state index is 0.207. The Morgan fingerprint density at radius 3 is 2.21 bits per heavy atom. The number of likely N-dealkylation sites (N-methyl/N-ethyl adjacent to an activating group) is 1. The summed E-state index contributed by atoms with van der Waals surface area (Å²) in [7, 11) is 1.97. The summed E-state index contributed by atoms with van der Waals surface area (Å²) < 4.78 is 5.83. The lowest BCUT2D eigenvalue weighted by molar-refractivity contribution is 0.273. The van der Waals surface area contributed by atoms with E-state index >= 15 is 0 Å². The van der Waals surface area contributed by atoms with Crippen LogP contribution in [0, 0.1) is 13.8 Å². The molecule has 2 heteroatoms. The van der Waals surface area contributed by atoms with E-state index in [1.165, 1.54) is 16.7 Å². The first kappa shape index (κ1) is 13.6. The van der Waals surface area contributed by atoms with Crippen LogP contribution in [0.5, 0.6) is 5.75 Å². The summed E-state index contributed by atoms with van der Waals surface area (Å²) in [6, 6.07) is 16.7. The highest BCUT2D eigenvalue weighted by molar-refractivity contribution is 5.31. The Morgan fingerprint density at radius 1 is 1.00 bits per heavy atom. The normalized spacial score (nSPS) is 12.2. The molecule has 1 atom stereocenters. The average Bonchev–Trinajstić information content (AvgIpc) is 2.39. The van der Waals surface area contributed by atoms with Crippen molar-refractivity contribution in [3.8, 4) is 5.75 Å². The lowest BCUT2D eigenvalue weighted by Crippen LogP contribution is -2.23. The lowest BCUT2D eigenvalue weighted by atomic mass is 10.0. The highest BCUT2D eigenvalue weighted by Crippen LogP contribution is 2.18. The van der Waals surface area contributed by atoms with Gasteiger partial charge in [0, 0.05) is 0 Å². The van der Waals surface area contributed by atoms with Crippen molar-refractivity contribution >= 4 is 0 Å². The van der Waals surface area contributed by atoms with Gasteiger partial charge in [-0.2, -0.15) is 0 Å². The van der Waals surface area contributed by atoms with Crippen molar-refractivity contribution in [3.63, 3.8) is 0 Å². The zero-order valence-corrected chi connectivity index (χ0v) is 11.8. The van der Waals surface area contributed by atoms with Gasteiger partial charge in [0.15, 0.2) is 0 Å². The van der Waals surface area contributed by atoms with Crippen LogP contribution < -0.4 is 10.1 Å². The second-order valence-corrected chi connectivity index (χ2v) is 4.89. The molecule has 2 aromatic carbocycles. The van der Waals surface area contributed by atoms with Crippen LogP contribution in [-0.2, 0) is 0 Å². The minimum Gasteiger partial charge on any atom is -0.492 e. The predicted molar refractivity (Wildman–Crippen MR) is 79.7 cm³/mol. The van der Waals surface area contributed by atoms with Crippen LogP contribution in [0.1, 0.15) is 22.7 Å². The van der Waals surface area contributed by atoms with Crippen LogP contribution in [0.2, 0.25) is 0 Å². The minimum absolute atomic E-state index is 0.207. The second-order valence-electron chi connectivity index (χ2n) is 4.89. The van der Waals surface area contributed by atoms with Crippen molar-refractivity contribution < 1.29 is 4.74 Å². The Kier molecular flexibility index (Phi) is 4.58. The standard InChI is InChI=1S/C17H21NO/c1-13-9-14(2)11-15(10-13)17(18-3)12-19-16-7-5-4-6-8-16/h4-11,17-18H,12H2,1-3H3. The number of rotatable bonds is 5. The van der Waals surface area contributed by atoms with E-state index in [4.69, 9.17) is 4.74 Å². The summed E-state index contributed by atoms with van der Waals surface area (Å²) in [6.45, 7) is 4.88. The highest BCUT2D eigenvalue weighted by atomic mass is 16.5. The van der Waals surface area contributed by atoms with Gasteiger partial charge in [-0.3, -0.25) is 0 Å². The fraction of sp³-hybridized carbons (Fsp3) is 0.294. The number of hydrogen-bond acceptors (Lipinski definition) is 2. The molecule has 0 bridgehead atoms. The zero-order chi connectivity index (χ0) is 13.7. The second kappa shape index (κ2) is 6.39. The van der Waals surface area contributed by atoms with Crippen molar-refractivity contribution in [3.05, 3.63) is 65.2 Å². The molecule has 0 spiro atoms. The number of nitrogens with one attached hydrogen (secondary N) is 1. The average molecular weight is 255 g/mol. The molecule has 100 valence electrons. The molecular formula is C17H21NO. The maximum atomic E-state index is 5.83.